The minimum absolute atomic E-state index is 0.0182. The lowest BCUT2D eigenvalue weighted by Gasteiger charge is -2.35. The molecule has 1 heterocycles. The van der Waals surface area contributed by atoms with E-state index >= 15 is 0 Å². The van der Waals surface area contributed by atoms with Crippen molar-refractivity contribution < 1.29 is 23.1 Å². The van der Waals surface area contributed by atoms with Crippen LogP contribution in [0.15, 0.2) is 23.1 Å². The molecule has 0 bridgehead atoms. The van der Waals surface area contributed by atoms with E-state index in [9.17, 15) is 13.2 Å². The Bertz CT molecular complexity index is 671. The number of piperidine rings is 1. The Kier molecular flexibility index (Phi) is 4.77. The molecule has 1 saturated heterocycles. The summed E-state index contributed by atoms with van der Waals surface area (Å²) >= 11 is 0. The highest BCUT2D eigenvalue weighted by molar-refractivity contribution is 7.89. The molecule has 1 fully saturated rings. The molecule has 7 heteroatoms. The van der Waals surface area contributed by atoms with E-state index in [1.807, 2.05) is 6.92 Å². The number of aliphatic carboxylic acids is 1. The van der Waals surface area contributed by atoms with Crippen molar-refractivity contribution in [3.05, 3.63) is 23.8 Å². The maximum Gasteiger partial charge on any atom is 0.307 e. The first-order valence-electron chi connectivity index (χ1n) is 7.16. The summed E-state index contributed by atoms with van der Waals surface area (Å²) in [6, 6.07) is 4.57. The van der Waals surface area contributed by atoms with E-state index in [0.29, 0.717) is 24.2 Å². The number of hydrogen-bond acceptors (Lipinski definition) is 4. The van der Waals surface area contributed by atoms with Gasteiger partial charge in [-0.3, -0.25) is 4.79 Å². The average molecular weight is 327 g/mol. The molecule has 122 valence electrons. The second kappa shape index (κ2) is 6.26. The third kappa shape index (κ3) is 3.10. The zero-order chi connectivity index (χ0) is 16.5. The molecule has 0 spiro atoms. The molecule has 2 atom stereocenters. The van der Waals surface area contributed by atoms with Gasteiger partial charge in [0.1, 0.15) is 5.75 Å². The van der Waals surface area contributed by atoms with Crippen molar-refractivity contribution in [3.63, 3.8) is 0 Å². The van der Waals surface area contributed by atoms with E-state index < -0.39 is 21.9 Å². The van der Waals surface area contributed by atoms with E-state index in [0.717, 1.165) is 0 Å². The molecule has 22 heavy (non-hydrogen) atoms. The summed E-state index contributed by atoms with van der Waals surface area (Å²) < 4.78 is 32.2. The number of carbonyl (C=O) groups is 1. The number of ether oxygens (including phenoxy) is 1. The molecule has 0 aliphatic carbocycles. The SMILES string of the molecule is COc1ccc(S(=O)(=O)N2CC(C(=O)O)CCC2C)c(C)c1. The van der Waals surface area contributed by atoms with Crippen molar-refractivity contribution in [2.45, 2.75) is 37.6 Å². The quantitative estimate of drug-likeness (QED) is 0.913. The van der Waals surface area contributed by atoms with Gasteiger partial charge in [0.2, 0.25) is 10.0 Å². The highest BCUT2D eigenvalue weighted by Crippen LogP contribution is 2.30. The van der Waals surface area contributed by atoms with Crippen LogP contribution in [-0.2, 0) is 14.8 Å². The van der Waals surface area contributed by atoms with Crippen molar-refractivity contribution in [2.75, 3.05) is 13.7 Å². The number of sulfonamides is 1. The number of hydrogen-bond donors (Lipinski definition) is 1. The molecular weight excluding hydrogens is 306 g/mol. The largest absolute Gasteiger partial charge is 0.497 e. The molecule has 0 amide bonds. The summed E-state index contributed by atoms with van der Waals surface area (Å²) in [6.07, 6.45) is 1.05. The van der Waals surface area contributed by atoms with E-state index in [1.54, 1.807) is 19.1 Å². The van der Waals surface area contributed by atoms with Gasteiger partial charge in [-0.05, 0) is 50.5 Å². The van der Waals surface area contributed by atoms with Gasteiger partial charge in [0.05, 0.1) is 17.9 Å². The second-order valence-corrected chi connectivity index (χ2v) is 7.53. The zero-order valence-electron chi connectivity index (χ0n) is 12.9. The lowest BCUT2D eigenvalue weighted by atomic mass is 9.96. The molecule has 1 aromatic carbocycles. The van der Waals surface area contributed by atoms with Crippen molar-refractivity contribution in [1.29, 1.82) is 0 Å². The van der Waals surface area contributed by atoms with Crippen molar-refractivity contribution >= 4 is 16.0 Å². The Balaban J connectivity index is 2.38. The van der Waals surface area contributed by atoms with Crippen LogP contribution in [0.5, 0.6) is 5.75 Å². The predicted molar refractivity (Wildman–Crippen MR) is 81.4 cm³/mol. The van der Waals surface area contributed by atoms with Gasteiger partial charge in [-0.15, -0.1) is 0 Å². The van der Waals surface area contributed by atoms with Crippen molar-refractivity contribution in [3.8, 4) is 5.75 Å². The molecular formula is C15H21NO5S. The van der Waals surface area contributed by atoms with Gasteiger partial charge in [-0.2, -0.15) is 4.31 Å². The number of methoxy groups -OCH3 is 1. The molecule has 0 radical (unpaired) electrons. The molecule has 1 aliphatic heterocycles. The third-order valence-electron chi connectivity index (χ3n) is 4.14. The van der Waals surface area contributed by atoms with Crippen LogP contribution in [0.25, 0.3) is 0 Å². The molecule has 2 rings (SSSR count). The van der Waals surface area contributed by atoms with Gasteiger partial charge in [-0.1, -0.05) is 0 Å². The van der Waals surface area contributed by atoms with Gasteiger partial charge >= 0.3 is 5.97 Å². The molecule has 1 aromatic rings. The number of rotatable bonds is 4. The lowest BCUT2D eigenvalue weighted by Crippen LogP contribution is -2.47. The summed E-state index contributed by atoms with van der Waals surface area (Å²) in [5.74, 6) is -1.00. The van der Waals surface area contributed by atoms with Gasteiger partial charge < -0.3 is 9.84 Å². The molecule has 6 nitrogen and oxygen atoms in total. The van der Waals surface area contributed by atoms with Crippen molar-refractivity contribution in [2.24, 2.45) is 5.92 Å². The molecule has 2 unspecified atom stereocenters. The molecule has 1 aliphatic rings. The average Bonchev–Trinajstić information content (AvgIpc) is 2.46. The fourth-order valence-electron chi connectivity index (χ4n) is 2.78. The van der Waals surface area contributed by atoms with Crippen LogP contribution in [0.3, 0.4) is 0 Å². The van der Waals surface area contributed by atoms with Crippen LogP contribution < -0.4 is 4.74 Å². The number of benzene rings is 1. The fourth-order valence-corrected chi connectivity index (χ4v) is 4.69. The monoisotopic (exact) mass is 327 g/mol. The highest BCUT2D eigenvalue weighted by Gasteiger charge is 2.37. The highest BCUT2D eigenvalue weighted by atomic mass is 32.2. The van der Waals surface area contributed by atoms with Gasteiger partial charge in [0.25, 0.3) is 0 Å². The summed E-state index contributed by atoms with van der Waals surface area (Å²) in [7, 11) is -2.20. The Labute approximate surface area is 130 Å². The Morgan fingerprint density at radius 3 is 2.59 bits per heavy atom. The Morgan fingerprint density at radius 1 is 1.36 bits per heavy atom. The number of carboxylic acid groups (broad SMARTS) is 1. The summed E-state index contributed by atoms with van der Waals surface area (Å²) in [6.45, 7) is 3.54. The Hall–Kier alpha value is -1.60. The van der Waals surface area contributed by atoms with Crippen LogP contribution in [0.2, 0.25) is 0 Å². The van der Waals surface area contributed by atoms with Gasteiger partial charge in [0, 0.05) is 12.6 Å². The summed E-state index contributed by atoms with van der Waals surface area (Å²) in [4.78, 5) is 11.4. The van der Waals surface area contributed by atoms with Crippen LogP contribution in [0, 0.1) is 12.8 Å². The maximum atomic E-state index is 12.9. The summed E-state index contributed by atoms with van der Waals surface area (Å²) in [5, 5.41) is 9.16. The molecule has 1 N–H and O–H groups in total. The summed E-state index contributed by atoms with van der Waals surface area (Å²) in [5.41, 5.74) is 0.587. The first-order chi connectivity index (χ1) is 10.3. The predicted octanol–water partition coefficient (Wildman–Crippen LogP) is 1.88. The van der Waals surface area contributed by atoms with E-state index in [-0.39, 0.29) is 17.5 Å². The second-order valence-electron chi connectivity index (χ2n) is 5.67. The normalized spacial score (nSPS) is 23.2. The van der Waals surface area contributed by atoms with Gasteiger partial charge in [-0.25, -0.2) is 8.42 Å². The van der Waals surface area contributed by atoms with Crippen LogP contribution >= 0.6 is 0 Å². The van der Waals surface area contributed by atoms with Crippen molar-refractivity contribution in [1.82, 2.24) is 4.31 Å². The number of aryl methyl sites for hydroxylation is 1. The van der Waals surface area contributed by atoms with Crippen LogP contribution in [0.4, 0.5) is 0 Å². The maximum absolute atomic E-state index is 12.9. The first-order valence-corrected chi connectivity index (χ1v) is 8.60. The molecule has 0 aromatic heterocycles. The van der Waals surface area contributed by atoms with Crippen LogP contribution in [0.1, 0.15) is 25.3 Å². The van der Waals surface area contributed by atoms with Gasteiger partial charge in [0.15, 0.2) is 0 Å². The van der Waals surface area contributed by atoms with E-state index in [2.05, 4.69) is 0 Å². The van der Waals surface area contributed by atoms with E-state index in [4.69, 9.17) is 9.84 Å². The fraction of sp³-hybridized carbons (Fsp3) is 0.533. The standard InChI is InChI=1S/C15H21NO5S/c1-10-8-13(21-3)6-7-14(10)22(19,20)16-9-12(15(17)18)5-4-11(16)2/h6-8,11-12H,4-5,9H2,1-3H3,(H,17,18). The van der Waals surface area contributed by atoms with E-state index in [1.165, 1.54) is 17.5 Å². The minimum Gasteiger partial charge on any atom is -0.497 e. The Morgan fingerprint density at radius 2 is 2.05 bits per heavy atom. The topological polar surface area (TPSA) is 83.9 Å². The number of carboxylic acids is 1. The number of nitrogens with zero attached hydrogens (tertiary/aromatic N) is 1. The molecule has 0 saturated carbocycles. The smallest absolute Gasteiger partial charge is 0.307 e. The minimum atomic E-state index is -3.72. The lowest BCUT2D eigenvalue weighted by molar-refractivity contribution is -0.143. The zero-order valence-corrected chi connectivity index (χ0v) is 13.8. The van der Waals surface area contributed by atoms with Crippen LogP contribution in [-0.4, -0.2) is 43.5 Å². The third-order valence-corrected chi connectivity index (χ3v) is 6.28. The first kappa shape index (κ1) is 16.8.